The van der Waals surface area contributed by atoms with Crippen LogP contribution in [0.5, 0.6) is 0 Å². The predicted octanol–water partition coefficient (Wildman–Crippen LogP) is 4.30. The molecule has 3 rings (SSSR count). The average molecular weight is 370 g/mol. The van der Waals surface area contributed by atoms with E-state index in [1.54, 1.807) is 24.3 Å². The highest BCUT2D eigenvalue weighted by Crippen LogP contribution is 2.36. The summed E-state index contributed by atoms with van der Waals surface area (Å²) in [7, 11) is 0. The smallest absolute Gasteiger partial charge is 0.416 e. The molecule has 2 aromatic carbocycles. The third-order valence-electron chi connectivity index (χ3n) is 3.33. The normalized spacial score (nSPS) is 14.5. The first-order valence-electron chi connectivity index (χ1n) is 6.16. The maximum atomic E-state index is 12.7. The van der Waals surface area contributed by atoms with Crippen molar-refractivity contribution in [2.75, 3.05) is 0 Å². The highest BCUT2D eigenvalue weighted by Gasteiger charge is 2.40. The Morgan fingerprint density at radius 1 is 1.05 bits per heavy atom. The number of nitrogens with zero attached hydrogens (tertiary/aromatic N) is 1. The molecule has 7 heteroatoms. The van der Waals surface area contributed by atoms with Gasteiger partial charge in [0.05, 0.1) is 11.1 Å². The SMILES string of the molecule is O=C1C(c2ccccc2Br)=[N+]([O-])c2ccc(C(F)(F)F)cc21. The summed E-state index contributed by atoms with van der Waals surface area (Å²) in [6.45, 7) is 0. The van der Waals surface area contributed by atoms with Gasteiger partial charge in [0.25, 0.3) is 11.5 Å². The van der Waals surface area contributed by atoms with E-state index in [-0.39, 0.29) is 17.0 Å². The molecule has 0 aromatic heterocycles. The summed E-state index contributed by atoms with van der Waals surface area (Å²) in [6.07, 6.45) is -4.57. The van der Waals surface area contributed by atoms with E-state index in [9.17, 15) is 23.2 Å². The second kappa shape index (κ2) is 4.95. The van der Waals surface area contributed by atoms with Gasteiger partial charge in [-0.1, -0.05) is 12.1 Å². The summed E-state index contributed by atoms with van der Waals surface area (Å²) in [4.78, 5) is 12.4. The van der Waals surface area contributed by atoms with Crippen LogP contribution in [0.15, 0.2) is 46.9 Å². The molecule has 22 heavy (non-hydrogen) atoms. The number of alkyl halides is 3. The molecular weight excluding hydrogens is 363 g/mol. The van der Waals surface area contributed by atoms with Crippen LogP contribution in [-0.4, -0.2) is 16.2 Å². The lowest BCUT2D eigenvalue weighted by Gasteiger charge is -2.07. The van der Waals surface area contributed by atoms with Gasteiger partial charge in [0.2, 0.25) is 5.69 Å². The summed E-state index contributed by atoms with van der Waals surface area (Å²) >= 11 is 3.23. The number of benzene rings is 2. The van der Waals surface area contributed by atoms with Crippen molar-refractivity contribution >= 4 is 33.1 Å². The van der Waals surface area contributed by atoms with Crippen LogP contribution in [0.1, 0.15) is 21.5 Å². The molecule has 0 amide bonds. The summed E-state index contributed by atoms with van der Waals surface area (Å²) < 4.78 is 39.1. The molecule has 2 aromatic rings. The lowest BCUT2D eigenvalue weighted by molar-refractivity contribution is -0.355. The monoisotopic (exact) mass is 369 g/mol. The van der Waals surface area contributed by atoms with Crippen molar-refractivity contribution in [3.05, 3.63) is 68.8 Å². The molecule has 112 valence electrons. The van der Waals surface area contributed by atoms with E-state index in [4.69, 9.17) is 0 Å². The van der Waals surface area contributed by atoms with Gasteiger partial charge in [-0.05, 0) is 40.2 Å². The third-order valence-corrected chi connectivity index (χ3v) is 4.03. The van der Waals surface area contributed by atoms with E-state index in [1.165, 1.54) is 0 Å². The van der Waals surface area contributed by atoms with Crippen molar-refractivity contribution in [2.24, 2.45) is 0 Å². The molecule has 0 fully saturated rings. The lowest BCUT2D eigenvalue weighted by atomic mass is 10.0. The third kappa shape index (κ3) is 2.21. The molecule has 1 aliphatic rings. The van der Waals surface area contributed by atoms with Gasteiger partial charge in [-0.3, -0.25) is 4.79 Å². The Hall–Kier alpha value is -2.15. The zero-order valence-corrected chi connectivity index (χ0v) is 12.4. The zero-order chi connectivity index (χ0) is 16.1. The molecule has 0 spiro atoms. The van der Waals surface area contributed by atoms with E-state index in [2.05, 4.69) is 15.9 Å². The molecule has 0 radical (unpaired) electrons. The molecule has 1 aliphatic heterocycles. The Kier molecular flexibility index (Phi) is 3.32. The number of rotatable bonds is 1. The minimum atomic E-state index is -4.57. The van der Waals surface area contributed by atoms with Crippen LogP contribution in [0.2, 0.25) is 0 Å². The summed E-state index contributed by atoms with van der Waals surface area (Å²) in [5, 5.41) is 12.3. The van der Waals surface area contributed by atoms with Gasteiger partial charge in [-0.25, -0.2) is 0 Å². The van der Waals surface area contributed by atoms with Crippen LogP contribution in [0.4, 0.5) is 18.9 Å². The fraction of sp³-hybridized carbons (Fsp3) is 0.0667. The minimum absolute atomic E-state index is 0.0799. The van der Waals surface area contributed by atoms with Crippen molar-refractivity contribution in [3.63, 3.8) is 0 Å². The first kappa shape index (κ1) is 14.8. The van der Waals surface area contributed by atoms with Crippen molar-refractivity contribution in [1.82, 2.24) is 0 Å². The van der Waals surface area contributed by atoms with Gasteiger partial charge in [-0.15, -0.1) is 0 Å². The highest BCUT2D eigenvalue weighted by atomic mass is 79.9. The van der Waals surface area contributed by atoms with Crippen molar-refractivity contribution in [2.45, 2.75) is 6.18 Å². The molecule has 0 bridgehead atoms. The molecule has 0 saturated heterocycles. The number of fused-ring (bicyclic) bond motifs is 1. The summed E-state index contributed by atoms with van der Waals surface area (Å²) in [6, 6.07) is 9.07. The molecule has 0 saturated carbocycles. The van der Waals surface area contributed by atoms with Gasteiger partial charge in [0, 0.05) is 10.5 Å². The molecule has 0 N–H and O–H groups in total. The predicted molar refractivity (Wildman–Crippen MR) is 77.3 cm³/mol. The summed E-state index contributed by atoms with van der Waals surface area (Å²) in [5.74, 6) is -0.719. The van der Waals surface area contributed by atoms with Crippen LogP contribution in [0.3, 0.4) is 0 Å². The van der Waals surface area contributed by atoms with Crippen molar-refractivity contribution < 1.29 is 22.7 Å². The maximum absolute atomic E-state index is 12.7. The molecule has 0 atom stereocenters. The fourth-order valence-corrected chi connectivity index (χ4v) is 2.77. The Morgan fingerprint density at radius 2 is 1.73 bits per heavy atom. The van der Waals surface area contributed by atoms with E-state index >= 15 is 0 Å². The number of carbonyl (C=O) groups excluding carboxylic acids is 1. The van der Waals surface area contributed by atoms with Crippen molar-refractivity contribution in [1.29, 1.82) is 0 Å². The first-order valence-corrected chi connectivity index (χ1v) is 6.95. The highest BCUT2D eigenvalue weighted by molar-refractivity contribution is 9.10. The number of halogens is 4. The van der Waals surface area contributed by atoms with Crippen LogP contribution >= 0.6 is 15.9 Å². The van der Waals surface area contributed by atoms with Crippen LogP contribution in [-0.2, 0) is 6.18 Å². The fourth-order valence-electron chi connectivity index (χ4n) is 2.30. The first-order chi connectivity index (χ1) is 10.3. The number of ketones is 1. The van der Waals surface area contributed by atoms with Gasteiger partial charge in [0.15, 0.2) is 0 Å². The van der Waals surface area contributed by atoms with Crippen LogP contribution in [0.25, 0.3) is 0 Å². The Balaban J connectivity index is 2.16. The van der Waals surface area contributed by atoms with E-state index in [1.807, 2.05) is 0 Å². The Labute approximate surface area is 131 Å². The number of hydrogen-bond donors (Lipinski definition) is 0. The van der Waals surface area contributed by atoms with Crippen LogP contribution in [0, 0.1) is 5.21 Å². The molecular formula is C15H7BrF3NO2. The second-order valence-electron chi connectivity index (χ2n) is 4.68. The van der Waals surface area contributed by atoms with Crippen molar-refractivity contribution in [3.8, 4) is 0 Å². The van der Waals surface area contributed by atoms with E-state index < -0.39 is 17.5 Å². The summed E-state index contributed by atoms with van der Waals surface area (Å²) in [5.41, 5.74) is -1.13. The quantitative estimate of drug-likeness (QED) is 0.555. The van der Waals surface area contributed by atoms with Gasteiger partial charge < -0.3 is 5.21 Å². The second-order valence-corrected chi connectivity index (χ2v) is 5.54. The van der Waals surface area contributed by atoms with Crippen LogP contribution < -0.4 is 0 Å². The largest absolute Gasteiger partial charge is 0.618 e. The zero-order valence-electron chi connectivity index (χ0n) is 10.8. The standard InChI is InChI=1S/C15H7BrF3NO2/c16-11-4-2-1-3-9(11)13-14(21)10-7-8(15(17,18)19)5-6-12(10)20(13)22/h1-7H. The molecule has 0 unspecified atom stereocenters. The lowest BCUT2D eigenvalue weighted by Crippen LogP contribution is -2.17. The van der Waals surface area contributed by atoms with Gasteiger partial charge in [0.1, 0.15) is 5.56 Å². The molecule has 0 aliphatic carbocycles. The minimum Gasteiger partial charge on any atom is -0.618 e. The Morgan fingerprint density at radius 3 is 2.36 bits per heavy atom. The van der Waals surface area contributed by atoms with E-state index in [0.29, 0.717) is 20.8 Å². The maximum Gasteiger partial charge on any atom is 0.416 e. The average Bonchev–Trinajstić information content (AvgIpc) is 2.71. The number of Topliss-reactive ketones (excluding diaryl/α,β-unsaturated/α-hetero) is 1. The van der Waals surface area contributed by atoms with Gasteiger partial charge in [-0.2, -0.15) is 17.9 Å². The van der Waals surface area contributed by atoms with Gasteiger partial charge >= 0.3 is 6.18 Å². The molecule has 3 nitrogen and oxygen atoms in total. The number of carbonyl (C=O) groups is 1. The number of hydrogen-bond acceptors (Lipinski definition) is 2. The Bertz CT molecular complexity index is 828. The molecule has 1 heterocycles. The topological polar surface area (TPSA) is 43.1 Å². The van der Waals surface area contributed by atoms with E-state index in [0.717, 1.165) is 12.1 Å².